The number of hydrogen-bond donors (Lipinski definition) is 1. The Bertz CT molecular complexity index is 409. The van der Waals surface area contributed by atoms with Crippen molar-refractivity contribution in [1.29, 1.82) is 0 Å². The molecule has 1 amide bonds. The van der Waals surface area contributed by atoms with Gasteiger partial charge in [-0.3, -0.25) is 4.79 Å². The molecule has 0 aromatic heterocycles. The van der Waals surface area contributed by atoms with E-state index in [0.29, 0.717) is 6.61 Å². The molecule has 1 aliphatic heterocycles. The lowest BCUT2D eigenvalue weighted by molar-refractivity contribution is -0.129. The molecule has 1 fully saturated rings. The average molecular weight is 233 g/mol. The minimum atomic E-state index is -0.273. The van der Waals surface area contributed by atoms with Crippen LogP contribution in [0.3, 0.4) is 0 Å². The summed E-state index contributed by atoms with van der Waals surface area (Å²) in [5.74, 6) is -0.0204. The molecule has 0 saturated carbocycles. The topological polar surface area (TPSA) is 38.3 Å². The van der Waals surface area contributed by atoms with Gasteiger partial charge in [0, 0.05) is 12.3 Å². The molecule has 1 aromatic carbocycles. The molecule has 1 aliphatic rings. The summed E-state index contributed by atoms with van der Waals surface area (Å²) in [4.78, 5) is 11.9. The van der Waals surface area contributed by atoms with Crippen LogP contribution in [0.1, 0.15) is 30.4 Å². The van der Waals surface area contributed by atoms with Gasteiger partial charge in [-0.1, -0.05) is 6.07 Å². The van der Waals surface area contributed by atoms with E-state index in [1.165, 1.54) is 11.1 Å². The van der Waals surface area contributed by atoms with E-state index in [2.05, 4.69) is 12.2 Å². The number of ether oxygens (including phenoxy) is 1. The van der Waals surface area contributed by atoms with Gasteiger partial charge in [0.2, 0.25) is 0 Å². The number of amides is 1. The number of carbonyl (C=O) groups is 1. The van der Waals surface area contributed by atoms with E-state index in [-0.39, 0.29) is 12.0 Å². The lowest BCUT2D eigenvalue weighted by atomic mass is 10.1. The van der Waals surface area contributed by atoms with E-state index < -0.39 is 0 Å². The van der Waals surface area contributed by atoms with Crippen molar-refractivity contribution in [3.05, 3.63) is 29.3 Å². The van der Waals surface area contributed by atoms with Gasteiger partial charge in [0.05, 0.1) is 0 Å². The fraction of sp³-hybridized carbons (Fsp3) is 0.500. The molecule has 1 saturated heterocycles. The lowest BCUT2D eigenvalue weighted by Gasteiger charge is -2.21. The fourth-order valence-corrected chi connectivity index (χ4v) is 1.99. The van der Waals surface area contributed by atoms with Gasteiger partial charge in [0.15, 0.2) is 0 Å². The SMILES string of the molecule is Cc1ccc(NC(=O)C2CCCCO2)cc1C. The summed E-state index contributed by atoms with van der Waals surface area (Å²) < 4.78 is 5.45. The zero-order valence-electron chi connectivity index (χ0n) is 10.5. The Morgan fingerprint density at radius 2 is 2.12 bits per heavy atom. The number of carbonyl (C=O) groups excluding carboxylic acids is 1. The van der Waals surface area contributed by atoms with Crippen molar-refractivity contribution in [3.63, 3.8) is 0 Å². The standard InChI is InChI=1S/C14H19NO2/c1-10-6-7-12(9-11(10)2)15-14(16)13-5-3-4-8-17-13/h6-7,9,13H,3-5,8H2,1-2H3,(H,15,16). The van der Waals surface area contributed by atoms with Crippen molar-refractivity contribution in [2.24, 2.45) is 0 Å². The molecule has 1 atom stereocenters. The first-order valence-corrected chi connectivity index (χ1v) is 6.16. The number of anilines is 1. The van der Waals surface area contributed by atoms with Gasteiger partial charge >= 0.3 is 0 Å². The van der Waals surface area contributed by atoms with Crippen molar-refractivity contribution >= 4 is 11.6 Å². The summed E-state index contributed by atoms with van der Waals surface area (Å²) in [5, 5.41) is 2.92. The number of rotatable bonds is 2. The highest BCUT2D eigenvalue weighted by Crippen LogP contribution is 2.17. The second kappa shape index (κ2) is 5.32. The van der Waals surface area contributed by atoms with Crippen LogP contribution in [0.15, 0.2) is 18.2 Å². The van der Waals surface area contributed by atoms with E-state index >= 15 is 0 Å². The first kappa shape index (κ1) is 12.1. The van der Waals surface area contributed by atoms with Crippen LogP contribution in [0, 0.1) is 13.8 Å². The maximum Gasteiger partial charge on any atom is 0.253 e. The Morgan fingerprint density at radius 1 is 1.29 bits per heavy atom. The first-order chi connectivity index (χ1) is 8.16. The largest absolute Gasteiger partial charge is 0.368 e. The molecule has 1 aromatic rings. The summed E-state index contributed by atoms with van der Waals surface area (Å²) in [7, 11) is 0. The number of hydrogen-bond acceptors (Lipinski definition) is 2. The van der Waals surface area contributed by atoms with Crippen LogP contribution in [0.2, 0.25) is 0 Å². The molecule has 1 heterocycles. The highest BCUT2D eigenvalue weighted by Gasteiger charge is 2.21. The van der Waals surface area contributed by atoms with Crippen LogP contribution in [-0.2, 0) is 9.53 Å². The molecule has 0 radical (unpaired) electrons. The maximum absolute atomic E-state index is 11.9. The van der Waals surface area contributed by atoms with Crippen LogP contribution < -0.4 is 5.32 Å². The molecule has 1 N–H and O–H groups in total. The van der Waals surface area contributed by atoms with E-state index in [1.54, 1.807) is 0 Å². The van der Waals surface area contributed by atoms with Crippen LogP contribution in [0.5, 0.6) is 0 Å². The Morgan fingerprint density at radius 3 is 2.76 bits per heavy atom. The van der Waals surface area contributed by atoms with Crippen LogP contribution in [0.4, 0.5) is 5.69 Å². The molecule has 92 valence electrons. The highest BCUT2D eigenvalue weighted by molar-refractivity contribution is 5.94. The van der Waals surface area contributed by atoms with E-state index in [9.17, 15) is 4.79 Å². The Balaban J connectivity index is 1.99. The molecule has 2 rings (SSSR count). The van der Waals surface area contributed by atoms with Gasteiger partial charge in [-0.15, -0.1) is 0 Å². The second-order valence-corrected chi connectivity index (χ2v) is 4.64. The molecule has 0 bridgehead atoms. The van der Waals surface area contributed by atoms with Crippen LogP contribution in [-0.4, -0.2) is 18.6 Å². The van der Waals surface area contributed by atoms with Crippen LogP contribution >= 0.6 is 0 Å². The maximum atomic E-state index is 11.9. The zero-order valence-corrected chi connectivity index (χ0v) is 10.5. The van der Waals surface area contributed by atoms with Gasteiger partial charge in [-0.25, -0.2) is 0 Å². The summed E-state index contributed by atoms with van der Waals surface area (Å²) in [6, 6.07) is 5.95. The minimum absolute atomic E-state index is 0.0204. The summed E-state index contributed by atoms with van der Waals surface area (Å²) in [5.41, 5.74) is 3.27. The first-order valence-electron chi connectivity index (χ1n) is 6.16. The van der Waals surface area contributed by atoms with E-state index in [1.807, 2.05) is 25.1 Å². The van der Waals surface area contributed by atoms with Gasteiger partial charge in [-0.2, -0.15) is 0 Å². The third-order valence-electron chi connectivity index (χ3n) is 3.25. The van der Waals surface area contributed by atoms with Crippen molar-refractivity contribution in [1.82, 2.24) is 0 Å². The molecular formula is C14H19NO2. The quantitative estimate of drug-likeness (QED) is 0.853. The number of benzene rings is 1. The predicted molar refractivity (Wildman–Crippen MR) is 68.1 cm³/mol. The van der Waals surface area contributed by atoms with E-state index in [0.717, 1.165) is 24.9 Å². The highest BCUT2D eigenvalue weighted by atomic mass is 16.5. The predicted octanol–water partition coefficient (Wildman–Crippen LogP) is 2.81. The normalized spacial score (nSPS) is 20.0. The van der Waals surface area contributed by atoms with Gasteiger partial charge in [0.1, 0.15) is 6.10 Å². The number of nitrogens with one attached hydrogen (secondary N) is 1. The second-order valence-electron chi connectivity index (χ2n) is 4.64. The Kier molecular flexibility index (Phi) is 3.79. The monoisotopic (exact) mass is 233 g/mol. The van der Waals surface area contributed by atoms with Gasteiger partial charge < -0.3 is 10.1 Å². The van der Waals surface area contributed by atoms with Crippen molar-refractivity contribution < 1.29 is 9.53 Å². The average Bonchev–Trinajstić information content (AvgIpc) is 2.35. The molecular weight excluding hydrogens is 214 g/mol. The molecule has 3 nitrogen and oxygen atoms in total. The van der Waals surface area contributed by atoms with Gasteiger partial charge in [-0.05, 0) is 56.4 Å². The van der Waals surface area contributed by atoms with E-state index in [4.69, 9.17) is 4.74 Å². The summed E-state index contributed by atoms with van der Waals surface area (Å²) in [6.45, 7) is 4.80. The third-order valence-corrected chi connectivity index (χ3v) is 3.25. The van der Waals surface area contributed by atoms with Crippen molar-refractivity contribution in [3.8, 4) is 0 Å². The summed E-state index contributed by atoms with van der Waals surface area (Å²) >= 11 is 0. The van der Waals surface area contributed by atoms with Gasteiger partial charge in [0.25, 0.3) is 5.91 Å². The molecule has 0 aliphatic carbocycles. The van der Waals surface area contributed by atoms with Crippen LogP contribution in [0.25, 0.3) is 0 Å². The lowest BCUT2D eigenvalue weighted by Crippen LogP contribution is -2.33. The van der Waals surface area contributed by atoms with Crippen molar-refractivity contribution in [2.45, 2.75) is 39.2 Å². The zero-order chi connectivity index (χ0) is 12.3. The molecule has 1 unspecified atom stereocenters. The van der Waals surface area contributed by atoms with Crippen molar-refractivity contribution in [2.75, 3.05) is 11.9 Å². The summed E-state index contributed by atoms with van der Waals surface area (Å²) in [6.07, 6.45) is 2.69. The fourth-order valence-electron chi connectivity index (χ4n) is 1.99. The Hall–Kier alpha value is -1.35. The smallest absolute Gasteiger partial charge is 0.253 e. The molecule has 17 heavy (non-hydrogen) atoms. The molecule has 0 spiro atoms. The third kappa shape index (κ3) is 3.07. The number of aryl methyl sites for hydroxylation is 2. The minimum Gasteiger partial charge on any atom is -0.368 e. The Labute approximate surface area is 102 Å². The molecule has 3 heteroatoms.